The molecule has 2 bridgehead atoms. The topological polar surface area (TPSA) is 108 Å². The summed E-state index contributed by atoms with van der Waals surface area (Å²) >= 11 is 6.09. The highest BCUT2D eigenvalue weighted by Gasteiger charge is 2.24. The summed E-state index contributed by atoms with van der Waals surface area (Å²) in [6.45, 7) is 1.82. The van der Waals surface area contributed by atoms with Crippen LogP contribution in [0.15, 0.2) is 78.2 Å². The molecule has 12 heteroatoms. The van der Waals surface area contributed by atoms with E-state index in [1.165, 1.54) is 52.1 Å². The van der Waals surface area contributed by atoms with Crippen molar-refractivity contribution in [3.05, 3.63) is 106 Å². The minimum absolute atomic E-state index is 0.00883. The molecule has 3 aromatic heterocycles. The molecule has 6 rings (SSSR count). The van der Waals surface area contributed by atoms with Gasteiger partial charge in [0.05, 0.1) is 52.4 Å². The number of pyridine rings is 1. The fourth-order valence-electron chi connectivity index (χ4n) is 5.19. The predicted octanol–water partition coefficient (Wildman–Crippen LogP) is 5.83. The molecule has 0 radical (unpaired) electrons. The second kappa shape index (κ2) is 11.2. The zero-order chi connectivity index (χ0) is 29.4. The number of halogens is 3. The maximum Gasteiger partial charge on any atom is 0.254 e. The maximum absolute atomic E-state index is 15.3. The highest BCUT2D eigenvalue weighted by molar-refractivity contribution is 6.31. The Morgan fingerprint density at radius 3 is 2.64 bits per heavy atom. The summed E-state index contributed by atoms with van der Waals surface area (Å²) < 4.78 is 32.4. The lowest BCUT2D eigenvalue weighted by Gasteiger charge is -2.23. The molecule has 1 unspecified atom stereocenters. The number of aromatic nitrogens is 6. The second-order valence-corrected chi connectivity index (χ2v) is 10.5. The van der Waals surface area contributed by atoms with E-state index in [-0.39, 0.29) is 28.1 Å². The van der Waals surface area contributed by atoms with E-state index >= 15 is 4.39 Å². The van der Waals surface area contributed by atoms with Crippen molar-refractivity contribution in [2.45, 2.75) is 32.2 Å². The smallest absolute Gasteiger partial charge is 0.254 e. The number of hydrogen-bond donors (Lipinski definition) is 1. The minimum atomic E-state index is -0.743. The van der Waals surface area contributed by atoms with E-state index in [9.17, 15) is 14.0 Å². The van der Waals surface area contributed by atoms with Gasteiger partial charge >= 0.3 is 0 Å². The molecular weight excluding hydrogens is 564 g/mol. The van der Waals surface area contributed by atoms with E-state index in [1.807, 2.05) is 6.92 Å². The molecule has 1 aliphatic rings. The Labute approximate surface area is 243 Å². The lowest BCUT2D eigenvalue weighted by molar-refractivity contribution is -0.119. The molecule has 212 valence electrons. The monoisotopic (exact) mass is 587 g/mol. The number of nitrogens with zero attached hydrogens (tertiary/aromatic N) is 6. The average Bonchev–Trinajstić information content (AvgIpc) is 3.52. The van der Waals surface area contributed by atoms with Crippen molar-refractivity contribution in [3.63, 3.8) is 0 Å². The van der Waals surface area contributed by atoms with Gasteiger partial charge in [0.25, 0.3) is 5.56 Å². The van der Waals surface area contributed by atoms with Crippen molar-refractivity contribution in [2.24, 2.45) is 5.92 Å². The van der Waals surface area contributed by atoms with Crippen molar-refractivity contribution in [1.29, 1.82) is 0 Å². The highest BCUT2D eigenvalue weighted by atomic mass is 35.5. The molecule has 2 aromatic carbocycles. The van der Waals surface area contributed by atoms with Gasteiger partial charge in [-0.25, -0.2) is 18.4 Å². The fraction of sp³-hybridized carbons (Fsp3) is 0.200. The van der Waals surface area contributed by atoms with Crippen LogP contribution in [0.1, 0.15) is 37.9 Å². The van der Waals surface area contributed by atoms with Crippen LogP contribution in [-0.2, 0) is 4.79 Å². The van der Waals surface area contributed by atoms with Crippen LogP contribution in [-0.4, -0.2) is 35.4 Å². The Kier molecular flexibility index (Phi) is 7.34. The molecule has 0 saturated heterocycles. The molecule has 1 amide bonds. The molecule has 0 aliphatic carbocycles. The zero-order valence-corrected chi connectivity index (χ0v) is 23.1. The van der Waals surface area contributed by atoms with Crippen LogP contribution >= 0.6 is 11.6 Å². The number of fused-ring (bicyclic) bond motifs is 4. The Balaban J connectivity index is 1.46. The number of amides is 1. The van der Waals surface area contributed by atoms with E-state index in [1.54, 1.807) is 30.6 Å². The first-order valence-electron chi connectivity index (χ1n) is 13.3. The van der Waals surface area contributed by atoms with Gasteiger partial charge in [-0.15, -0.1) is 5.10 Å². The summed E-state index contributed by atoms with van der Waals surface area (Å²) in [5.41, 5.74) is 2.14. The van der Waals surface area contributed by atoms with E-state index in [0.29, 0.717) is 47.5 Å². The van der Waals surface area contributed by atoms with Crippen molar-refractivity contribution in [3.8, 4) is 28.1 Å². The van der Waals surface area contributed by atoms with Gasteiger partial charge in [0.15, 0.2) is 5.82 Å². The van der Waals surface area contributed by atoms with Gasteiger partial charge in [-0.2, -0.15) is 0 Å². The van der Waals surface area contributed by atoms with Gasteiger partial charge in [0.1, 0.15) is 5.82 Å². The van der Waals surface area contributed by atoms with Crippen LogP contribution in [0, 0.1) is 17.6 Å². The van der Waals surface area contributed by atoms with Gasteiger partial charge in [-0.05, 0) is 60.9 Å². The van der Waals surface area contributed by atoms with Crippen molar-refractivity contribution in [1.82, 2.24) is 29.5 Å². The Morgan fingerprint density at radius 2 is 1.86 bits per heavy atom. The van der Waals surface area contributed by atoms with Crippen LogP contribution in [0.4, 0.5) is 14.5 Å². The standard InChI is InChI=1S/C30H24ClF2N7O2/c1-17-3-2-4-25(23-13-18(9-10-34-23)20-14-19(32)5-7-22(20)37-30(17)42)39-16-35-24(15-27(39)41)28-26(40-12-11-36-38-40)8-6-21(31)29(28)33/h5-17,25H,2-4H2,1H3,(H,37,42)/t17?,25-/m0/s1. The molecule has 1 N–H and O–H groups in total. The number of nitrogens with one attached hydrogen (secondary N) is 1. The number of carbonyl (C=O) groups is 1. The molecule has 4 heterocycles. The summed E-state index contributed by atoms with van der Waals surface area (Å²) in [6.07, 6.45) is 7.56. The van der Waals surface area contributed by atoms with Gasteiger partial charge in [-0.1, -0.05) is 30.2 Å². The lowest BCUT2D eigenvalue weighted by atomic mass is 9.95. The van der Waals surface area contributed by atoms with Crippen LogP contribution in [0.25, 0.3) is 28.1 Å². The number of carbonyl (C=O) groups excluding carboxylic acids is 1. The van der Waals surface area contributed by atoms with E-state index in [2.05, 4.69) is 25.6 Å². The van der Waals surface area contributed by atoms with Crippen LogP contribution < -0.4 is 10.9 Å². The minimum Gasteiger partial charge on any atom is -0.325 e. The molecule has 42 heavy (non-hydrogen) atoms. The molecule has 5 aromatic rings. The van der Waals surface area contributed by atoms with Gasteiger partial charge in [0, 0.05) is 29.4 Å². The quantitative estimate of drug-likeness (QED) is 0.284. The van der Waals surface area contributed by atoms with E-state index < -0.39 is 23.2 Å². The average molecular weight is 588 g/mol. The largest absolute Gasteiger partial charge is 0.325 e. The molecule has 0 saturated carbocycles. The van der Waals surface area contributed by atoms with Gasteiger partial charge in [-0.3, -0.25) is 19.1 Å². The van der Waals surface area contributed by atoms with Crippen molar-refractivity contribution < 1.29 is 13.6 Å². The molecular formula is C30H24ClF2N7O2. The molecule has 2 atom stereocenters. The summed E-state index contributed by atoms with van der Waals surface area (Å²) in [7, 11) is 0. The Hall–Kier alpha value is -4.77. The molecule has 0 spiro atoms. The Bertz CT molecular complexity index is 1860. The summed E-state index contributed by atoms with van der Waals surface area (Å²) in [6, 6.07) is 11.3. The van der Waals surface area contributed by atoms with Crippen LogP contribution in [0.3, 0.4) is 0 Å². The van der Waals surface area contributed by atoms with E-state index in [0.717, 1.165) is 0 Å². The Morgan fingerprint density at radius 1 is 1.00 bits per heavy atom. The normalized spacial score (nSPS) is 17.1. The third-order valence-corrected chi connectivity index (χ3v) is 7.70. The fourth-order valence-corrected chi connectivity index (χ4v) is 5.35. The maximum atomic E-state index is 15.3. The third-order valence-electron chi connectivity index (χ3n) is 7.41. The highest BCUT2D eigenvalue weighted by Crippen LogP contribution is 2.34. The summed E-state index contributed by atoms with van der Waals surface area (Å²) in [5.74, 6) is -1.70. The summed E-state index contributed by atoms with van der Waals surface area (Å²) in [5, 5.41) is 10.5. The second-order valence-electron chi connectivity index (χ2n) is 10.1. The first-order valence-corrected chi connectivity index (χ1v) is 13.7. The molecule has 0 fully saturated rings. The third kappa shape index (κ3) is 5.18. The number of rotatable bonds is 3. The first-order chi connectivity index (χ1) is 20.3. The number of hydrogen-bond acceptors (Lipinski definition) is 6. The predicted molar refractivity (Wildman–Crippen MR) is 153 cm³/mol. The lowest BCUT2D eigenvalue weighted by Crippen LogP contribution is -2.27. The number of benzene rings is 2. The van der Waals surface area contributed by atoms with Crippen LogP contribution in [0.5, 0.6) is 0 Å². The molecule has 1 aliphatic heterocycles. The molecule has 9 nitrogen and oxygen atoms in total. The number of anilines is 1. The van der Waals surface area contributed by atoms with E-state index in [4.69, 9.17) is 11.6 Å². The van der Waals surface area contributed by atoms with Crippen molar-refractivity contribution in [2.75, 3.05) is 5.32 Å². The van der Waals surface area contributed by atoms with Gasteiger partial charge in [0.2, 0.25) is 5.91 Å². The van der Waals surface area contributed by atoms with Crippen LogP contribution in [0.2, 0.25) is 5.02 Å². The summed E-state index contributed by atoms with van der Waals surface area (Å²) in [4.78, 5) is 35.6. The first kappa shape index (κ1) is 27.4. The van der Waals surface area contributed by atoms with Crippen molar-refractivity contribution >= 4 is 23.2 Å². The SMILES string of the molecule is CC1CCC[C@H](n2cnc(-c3c(-n4ccnn4)ccc(Cl)c3F)cc2=O)c2cc(ccn2)-c2cc(F)ccc2NC1=O. The van der Waals surface area contributed by atoms with Gasteiger partial charge < -0.3 is 5.32 Å². The zero-order valence-electron chi connectivity index (χ0n) is 22.3.